The molecule has 3 aromatic heterocycles. The van der Waals surface area contributed by atoms with Crippen LogP contribution in [0.1, 0.15) is 81.7 Å². The van der Waals surface area contributed by atoms with E-state index < -0.39 is 0 Å². The van der Waals surface area contributed by atoms with Crippen LogP contribution in [0.4, 0.5) is 0 Å². The summed E-state index contributed by atoms with van der Waals surface area (Å²) < 4.78 is 4.08. The third-order valence-corrected chi connectivity index (χ3v) is 8.13. The fourth-order valence-corrected chi connectivity index (χ4v) is 5.90. The second kappa shape index (κ2) is 12.3. The van der Waals surface area contributed by atoms with Gasteiger partial charge in [-0.1, -0.05) is 76.1 Å². The van der Waals surface area contributed by atoms with Crippen molar-refractivity contribution in [2.24, 2.45) is 5.92 Å². The molecule has 1 saturated carbocycles. The van der Waals surface area contributed by atoms with Crippen LogP contribution in [0.25, 0.3) is 22.5 Å². The number of tetrazole rings is 1. The Bertz CT molecular complexity index is 1360. The van der Waals surface area contributed by atoms with Crippen molar-refractivity contribution < 1.29 is 0 Å². The molecule has 0 unspecified atom stereocenters. The van der Waals surface area contributed by atoms with Crippen LogP contribution in [0.3, 0.4) is 0 Å². The second-order valence-electron chi connectivity index (χ2n) is 10.7. The number of benzene rings is 1. The van der Waals surface area contributed by atoms with E-state index in [-0.39, 0.29) is 5.69 Å². The number of nitrogens with one attached hydrogen (secondary N) is 1. The molecule has 8 heteroatoms. The van der Waals surface area contributed by atoms with Crippen LogP contribution in [-0.2, 0) is 19.5 Å². The lowest BCUT2D eigenvalue weighted by molar-refractivity contribution is 0.321. The number of H-pyrrole nitrogens is 1. The number of imidazole rings is 1. The summed E-state index contributed by atoms with van der Waals surface area (Å²) in [4.78, 5) is 18.0. The molecule has 200 valence electrons. The molecule has 3 heterocycles. The van der Waals surface area contributed by atoms with Gasteiger partial charge in [0.1, 0.15) is 0 Å². The Hall–Kier alpha value is -3.55. The minimum atomic E-state index is 0.139. The van der Waals surface area contributed by atoms with E-state index in [0.29, 0.717) is 12.4 Å². The van der Waals surface area contributed by atoms with E-state index in [4.69, 9.17) is 0 Å². The van der Waals surface area contributed by atoms with E-state index in [1.807, 2.05) is 16.8 Å². The van der Waals surface area contributed by atoms with Gasteiger partial charge >= 0.3 is 5.69 Å². The van der Waals surface area contributed by atoms with Gasteiger partial charge in [-0.05, 0) is 54.5 Å². The molecule has 0 saturated heterocycles. The van der Waals surface area contributed by atoms with Crippen molar-refractivity contribution in [3.8, 4) is 22.5 Å². The molecular weight excluding hydrogens is 474 g/mol. The molecule has 0 bridgehead atoms. The molecule has 1 aliphatic carbocycles. The summed E-state index contributed by atoms with van der Waals surface area (Å²) in [7, 11) is 0. The van der Waals surface area contributed by atoms with Gasteiger partial charge < -0.3 is 0 Å². The first kappa shape index (κ1) is 26.1. The Morgan fingerprint density at radius 3 is 2.55 bits per heavy atom. The number of rotatable bonds is 11. The lowest BCUT2D eigenvalue weighted by Crippen LogP contribution is -2.27. The van der Waals surface area contributed by atoms with Crippen LogP contribution in [0.2, 0.25) is 0 Å². The average Bonchev–Trinajstić information content (AvgIpc) is 3.57. The molecule has 1 fully saturated rings. The Labute approximate surface area is 224 Å². The highest BCUT2D eigenvalue weighted by atomic mass is 16.1. The molecule has 5 rings (SSSR count). The highest BCUT2D eigenvalue weighted by Crippen LogP contribution is 2.29. The molecule has 8 nitrogen and oxygen atoms in total. The summed E-state index contributed by atoms with van der Waals surface area (Å²) in [5, 5.41) is 14.5. The van der Waals surface area contributed by atoms with Gasteiger partial charge in [0.25, 0.3) is 0 Å². The number of hydrogen-bond donors (Lipinski definition) is 1. The van der Waals surface area contributed by atoms with Crippen molar-refractivity contribution in [1.29, 1.82) is 0 Å². The van der Waals surface area contributed by atoms with Crippen molar-refractivity contribution in [2.75, 3.05) is 0 Å². The van der Waals surface area contributed by atoms with Crippen LogP contribution in [0.5, 0.6) is 0 Å². The molecule has 0 amide bonds. The van der Waals surface area contributed by atoms with E-state index in [0.717, 1.165) is 59.7 Å². The van der Waals surface area contributed by atoms with Gasteiger partial charge in [0.05, 0.1) is 6.54 Å². The minimum absolute atomic E-state index is 0.139. The van der Waals surface area contributed by atoms with E-state index >= 15 is 0 Å². The van der Waals surface area contributed by atoms with Gasteiger partial charge in [0.15, 0.2) is 0 Å². The monoisotopic (exact) mass is 513 g/mol. The zero-order valence-electron chi connectivity index (χ0n) is 22.7. The largest absolute Gasteiger partial charge is 0.328 e. The number of aromatic nitrogens is 7. The third kappa shape index (κ3) is 5.79. The zero-order valence-corrected chi connectivity index (χ0v) is 22.7. The number of pyridine rings is 1. The number of nitrogens with zero attached hydrogens (tertiary/aromatic N) is 6. The number of aromatic amines is 1. The van der Waals surface area contributed by atoms with Crippen LogP contribution in [0, 0.1) is 12.8 Å². The van der Waals surface area contributed by atoms with E-state index in [1.165, 1.54) is 50.6 Å². The fraction of sp³-hybridized carbons (Fsp3) is 0.500. The van der Waals surface area contributed by atoms with Gasteiger partial charge in [-0.15, -0.1) is 10.2 Å². The number of hydrogen-bond acceptors (Lipinski definition) is 5. The van der Waals surface area contributed by atoms with Gasteiger partial charge in [0, 0.05) is 41.5 Å². The van der Waals surface area contributed by atoms with Gasteiger partial charge in [-0.2, -0.15) is 5.21 Å². The standard InChI is InChI=1S/C30H39N7O/c1-3-4-6-11-28-22(2)36(19-17-23-9-7-5-8-10-23)30(38)37(28)21-24-12-14-25(15-13-24)27-20-31-18-16-26(27)29-32-34-35-33-29/h12-16,18,20,23H,3-11,17,19,21H2,1-2H3,(H,32,33,34,35). The van der Waals surface area contributed by atoms with Crippen molar-refractivity contribution >= 4 is 0 Å². The van der Waals surface area contributed by atoms with Crippen LogP contribution in [0.15, 0.2) is 47.5 Å². The summed E-state index contributed by atoms with van der Waals surface area (Å²) in [5.41, 5.74) is 6.45. The molecule has 0 aliphatic heterocycles. The SMILES string of the molecule is CCCCCc1c(C)n(CCC2CCCCC2)c(=O)n1Cc1ccc(-c2cnccc2-c2nn[nH]n2)cc1. The molecule has 1 aromatic carbocycles. The summed E-state index contributed by atoms with van der Waals surface area (Å²) in [5.74, 6) is 1.30. The summed E-state index contributed by atoms with van der Waals surface area (Å²) in [6.07, 6.45) is 15.8. The fourth-order valence-electron chi connectivity index (χ4n) is 5.90. The predicted molar refractivity (Wildman–Crippen MR) is 150 cm³/mol. The molecule has 1 aliphatic rings. The highest BCUT2D eigenvalue weighted by Gasteiger charge is 2.19. The maximum atomic E-state index is 13.7. The summed E-state index contributed by atoms with van der Waals surface area (Å²) in [6.45, 7) is 5.79. The van der Waals surface area contributed by atoms with Crippen molar-refractivity contribution in [1.82, 2.24) is 34.7 Å². The first-order valence-corrected chi connectivity index (χ1v) is 14.2. The van der Waals surface area contributed by atoms with E-state index in [9.17, 15) is 4.79 Å². The zero-order chi connectivity index (χ0) is 26.3. The van der Waals surface area contributed by atoms with Crippen molar-refractivity contribution in [3.63, 3.8) is 0 Å². The van der Waals surface area contributed by atoms with E-state index in [2.05, 4.69) is 68.3 Å². The second-order valence-corrected chi connectivity index (χ2v) is 10.7. The smallest absolute Gasteiger partial charge is 0.296 e. The quantitative estimate of drug-likeness (QED) is 0.250. The summed E-state index contributed by atoms with van der Waals surface area (Å²) in [6, 6.07) is 10.3. The Balaban J connectivity index is 1.39. The summed E-state index contributed by atoms with van der Waals surface area (Å²) >= 11 is 0. The average molecular weight is 514 g/mol. The molecule has 0 spiro atoms. The van der Waals surface area contributed by atoms with Crippen molar-refractivity contribution in [3.05, 3.63) is 70.2 Å². The Morgan fingerprint density at radius 1 is 1.00 bits per heavy atom. The van der Waals surface area contributed by atoms with Crippen molar-refractivity contribution in [2.45, 2.75) is 91.1 Å². The lowest BCUT2D eigenvalue weighted by Gasteiger charge is -2.21. The molecule has 0 radical (unpaired) electrons. The highest BCUT2D eigenvalue weighted by molar-refractivity contribution is 5.79. The first-order valence-electron chi connectivity index (χ1n) is 14.2. The topological polar surface area (TPSA) is 94.3 Å². The predicted octanol–water partition coefficient (Wildman–Crippen LogP) is 5.95. The van der Waals surface area contributed by atoms with Crippen LogP contribution in [-0.4, -0.2) is 34.7 Å². The third-order valence-electron chi connectivity index (χ3n) is 8.13. The van der Waals surface area contributed by atoms with Gasteiger partial charge in [-0.3, -0.25) is 14.1 Å². The lowest BCUT2D eigenvalue weighted by atomic mass is 9.87. The number of unbranched alkanes of at least 4 members (excludes halogenated alkanes) is 2. The Kier molecular flexibility index (Phi) is 8.46. The van der Waals surface area contributed by atoms with Gasteiger partial charge in [0.2, 0.25) is 5.82 Å². The normalized spacial score (nSPS) is 14.3. The van der Waals surface area contributed by atoms with Crippen LogP contribution < -0.4 is 5.69 Å². The van der Waals surface area contributed by atoms with Crippen LogP contribution >= 0.6 is 0 Å². The molecule has 4 aromatic rings. The maximum absolute atomic E-state index is 13.7. The molecule has 0 atom stereocenters. The first-order chi connectivity index (χ1) is 18.7. The maximum Gasteiger partial charge on any atom is 0.328 e. The Morgan fingerprint density at radius 2 is 1.82 bits per heavy atom. The van der Waals surface area contributed by atoms with E-state index in [1.54, 1.807) is 6.20 Å². The molecule has 1 N–H and O–H groups in total. The molecule has 38 heavy (non-hydrogen) atoms. The molecular formula is C30H39N7O. The van der Waals surface area contributed by atoms with Gasteiger partial charge in [-0.25, -0.2) is 4.79 Å². The minimum Gasteiger partial charge on any atom is -0.296 e.